The lowest BCUT2D eigenvalue weighted by molar-refractivity contribution is 0.174. The number of anilines is 2. The fourth-order valence-corrected chi connectivity index (χ4v) is 3.36. The third-order valence-corrected chi connectivity index (χ3v) is 4.76. The number of urea groups is 1. The van der Waals surface area contributed by atoms with Gasteiger partial charge in [-0.1, -0.05) is 24.3 Å². The number of amides is 2. The van der Waals surface area contributed by atoms with E-state index in [9.17, 15) is 4.79 Å². The van der Waals surface area contributed by atoms with Crippen LogP contribution in [0, 0.1) is 6.92 Å². The van der Waals surface area contributed by atoms with E-state index in [1.807, 2.05) is 60.1 Å². The molecule has 1 aliphatic heterocycles. The molecule has 1 aliphatic rings. The lowest BCUT2D eigenvalue weighted by Gasteiger charge is -2.11. The molecule has 2 amide bonds. The summed E-state index contributed by atoms with van der Waals surface area (Å²) in [6.45, 7) is 2.21. The Hall–Kier alpha value is -4.00. The molecule has 2 aromatic carbocycles. The monoisotopic (exact) mass is 386 g/mol. The van der Waals surface area contributed by atoms with Crippen molar-refractivity contribution in [3.8, 4) is 22.8 Å². The topological polar surface area (TPSA) is 76.9 Å². The maximum Gasteiger partial charge on any atom is 0.323 e. The first-order chi connectivity index (χ1) is 14.2. The molecule has 0 bridgehead atoms. The Bertz CT molecular complexity index is 1230. The molecule has 2 N–H and O–H groups in total. The van der Waals surface area contributed by atoms with Crippen molar-refractivity contribution in [2.75, 3.05) is 17.4 Å². The van der Waals surface area contributed by atoms with Crippen LogP contribution >= 0.6 is 0 Å². The van der Waals surface area contributed by atoms with Gasteiger partial charge in [0.05, 0.1) is 11.4 Å². The summed E-state index contributed by atoms with van der Waals surface area (Å²) in [7, 11) is 0. The highest BCUT2D eigenvalue weighted by Crippen LogP contribution is 2.34. The van der Waals surface area contributed by atoms with Crippen LogP contribution in [0.15, 0.2) is 67.0 Å². The number of carbonyl (C=O) groups is 1. The number of carbonyl (C=O) groups excluding carboxylic acids is 1. The summed E-state index contributed by atoms with van der Waals surface area (Å²) in [6.07, 6.45) is 3.92. The first-order valence-electron chi connectivity index (χ1n) is 9.19. The predicted molar refractivity (Wildman–Crippen MR) is 111 cm³/mol. The lowest BCUT2D eigenvalue weighted by Crippen LogP contribution is -2.19. The van der Waals surface area contributed by atoms with Crippen molar-refractivity contribution >= 4 is 23.1 Å². The Labute approximate surface area is 166 Å². The number of aryl methyl sites for hydroxylation is 1. The van der Waals surface area contributed by atoms with Crippen LogP contribution in [0.2, 0.25) is 0 Å². The largest absolute Gasteiger partial charge is 0.454 e. The fraction of sp³-hybridized carbons (Fsp3) is 0.0909. The molecule has 7 heteroatoms. The minimum absolute atomic E-state index is 0.191. The summed E-state index contributed by atoms with van der Waals surface area (Å²) in [4.78, 5) is 17.3. The Morgan fingerprint density at radius 3 is 2.79 bits per heavy atom. The number of hydrogen-bond acceptors (Lipinski definition) is 4. The zero-order chi connectivity index (χ0) is 19.8. The van der Waals surface area contributed by atoms with Crippen LogP contribution in [-0.2, 0) is 0 Å². The van der Waals surface area contributed by atoms with Crippen LogP contribution < -0.4 is 20.1 Å². The van der Waals surface area contributed by atoms with Gasteiger partial charge in [0.15, 0.2) is 11.5 Å². The number of aromatic nitrogens is 2. The van der Waals surface area contributed by atoms with Gasteiger partial charge in [-0.15, -0.1) is 0 Å². The van der Waals surface area contributed by atoms with E-state index in [-0.39, 0.29) is 12.8 Å². The normalized spacial score (nSPS) is 12.2. The van der Waals surface area contributed by atoms with E-state index < -0.39 is 0 Å². The van der Waals surface area contributed by atoms with Crippen molar-refractivity contribution in [2.24, 2.45) is 0 Å². The van der Waals surface area contributed by atoms with Gasteiger partial charge < -0.3 is 24.5 Å². The van der Waals surface area contributed by atoms with Gasteiger partial charge in [0.2, 0.25) is 6.79 Å². The number of pyridine rings is 1. The first kappa shape index (κ1) is 17.1. The highest BCUT2D eigenvalue weighted by atomic mass is 16.7. The second-order valence-corrected chi connectivity index (χ2v) is 6.74. The molecule has 0 saturated carbocycles. The maximum absolute atomic E-state index is 12.6. The molecule has 0 unspecified atom stereocenters. The van der Waals surface area contributed by atoms with Gasteiger partial charge in [-0.25, -0.2) is 9.78 Å². The van der Waals surface area contributed by atoms with Crippen LogP contribution in [0.3, 0.4) is 0 Å². The van der Waals surface area contributed by atoms with Gasteiger partial charge in [0.25, 0.3) is 0 Å². The summed E-state index contributed by atoms with van der Waals surface area (Å²) in [5.41, 5.74) is 4.90. The molecule has 2 aromatic heterocycles. The molecular formula is C22H18N4O3. The zero-order valence-corrected chi connectivity index (χ0v) is 15.7. The number of benzene rings is 2. The predicted octanol–water partition coefficient (Wildman–Crippen LogP) is 4.68. The number of hydrogen-bond donors (Lipinski definition) is 2. The molecule has 4 aromatic rings. The van der Waals surface area contributed by atoms with E-state index in [2.05, 4.69) is 10.6 Å². The van der Waals surface area contributed by atoms with E-state index in [0.717, 1.165) is 22.5 Å². The minimum atomic E-state index is -0.351. The van der Waals surface area contributed by atoms with Crippen molar-refractivity contribution in [2.45, 2.75) is 6.92 Å². The fourth-order valence-electron chi connectivity index (χ4n) is 3.36. The van der Waals surface area contributed by atoms with Crippen molar-refractivity contribution < 1.29 is 14.3 Å². The van der Waals surface area contributed by atoms with Gasteiger partial charge in [-0.3, -0.25) is 0 Å². The average Bonchev–Trinajstić information content (AvgIpc) is 3.35. The average molecular weight is 386 g/mol. The molecule has 0 radical (unpaired) electrons. The highest BCUT2D eigenvalue weighted by molar-refractivity contribution is 6.02. The molecule has 0 spiro atoms. The maximum atomic E-state index is 12.6. The Balaban J connectivity index is 1.40. The number of imidazole rings is 1. The molecule has 3 heterocycles. The Morgan fingerprint density at radius 2 is 1.90 bits per heavy atom. The van der Waals surface area contributed by atoms with Gasteiger partial charge in [0, 0.05) is 29.7 Å². The number of para-hydroxylation sites is 1. The highest BCUT2D eigenvalue weighted by Gasteiger charge is 2.15. The van der Waals surface area contributed by atoms with Crippen molar-refractivity contribution in [1.29, 1.82) is 0 Å². The number of nitrogens with zero attached hydrogens (tertiary/aromatic N) is 2. The van der Waals surface area contributed by atoms with Crippen molar-refractivity contribution in [1.82, 2.24) is 9.38 Å². The quantitative estimate of drug-likeness (QED) is 0.536. The second kappa shape index (κ2) is 6.87. The third kappa shape index (κ3) is 3.23. The van der Waals surface area contributed by atoms with Gasteiger partial charge in [0.1, 0.15) is 5.65 Å². The molecule has 0 atom stereocenters. The molecule has 0 aliphatic carbocycles. The first-order valence-corrected chi connectivity index (χ1v) is 9.19. The summed E-state index contributed by atoms with van der Waals surface area (Å²) in [5, 5.41) is 5.74. The molecule has 0 fully saturated rings. The van der Waals surface area contributed by atoms with Crippen molar-refractivity contribution in [3.05, 3.63) is 72.6 Å². The number of fused-ring (bicyclic) bond motifs is 2. The smallest absolute Gasteiger partial charge is 0.323 e. The van der Waals surface area contributed by atoms with Crippen LogP contribution in [0.5, 0.6) is 11.5 Å². The van der Waals surface area contributed by atoms with E-state index in [1.165, 1.54) is 0 Å². The number of rotatable bonds is 3. The molecule has 29 heavy (non-hydrogen) atoms. The minimum Gasteiger partial charge on any atom is -0.454 e. The van der Waals surface area contributed by atoms with E-state index in [4.69, 9.17) is 14.5 Å². The molecule has 5 rings (SSSR count). The summed E-state index contributed by atoms with van der Waals surface area (Å²) in [6, 6.07) is 16.5. The van der Waals surface area contributed by atoms with Crippen molar-refractivity contribution in [3.63, 3.8) is 0 Å². The Morgan fingerprint density at radius 1 is 1.03 bits per heavy atom. The van der Waals surface area contributed by atoms with Crippen LogP contribution in [0.25, 0.3) is 16.9 Å². The third-order valence-electron chi connectivity index (χ3n) is 4.76. The van der Waals surface area contributed by atoms with Crippen LogP contribution in [0.4, 0.5) is 16.2 Å². The summed E-state index contributed by atoms with van der Waals surface area (Å²) < 4.78 is 12.6. The van der Waals surface area contributed by atoms with Gasteiger partial charge in [-0.2, -0.15) is 0 Å². The van der Waals surface area contributed by atoms with E-state index >= 15 is 0 Å². The lowest BCUT2D eigenvalue weighted by atomic mass is 10.1. The number of nitrogens with one attached hydrogen (secondary N) is 2. The SMILES string of the molecule is Cc1cccn2cc(-c3ccccc3NC(=O)Nc3ccc4c(c3)OCO4)nc12. The standard InChI is InChI=1S/C22H18N4O3/c1-14-5-4-10-26-12-18(24-21(14)26)16-6-2-3-7-17(16)25-22(27)23-15-8-9-19-20(11-15)29-13-28-19/h2-12H,13H2,1H3,(H2,23,25,27). The molecule has 144 valence electrons. The van der Waals surface area contributed by atoms with Gasteiger partial charge >= 0.3 is 6.03 Å². The summed E-state index contributed by atoms with van der Waals surface area (Å²) >= 11 is 0. The molecule has 7 nitrogen and oxygen atoms in total. The Kier molecular flexibility index (Phi) is 4.05. The molecule has 0 saturated heterocycles. The zero-order valence-electron chi connectivity index (χ0n) is 15.7. The van der Waals surface area contributed by atoms with Gasteiger partial charge in [-0.05, 0) is 36.8 Å². The van der Waals surface area contributed by atoms with Crippen LogP contribution in [0.1, 0.15) is 5.56 Å². The second-order valence-electron chi connectivity index (χ2n) is 6.74. The number of ether oxygens (including phenoxy) is 2. The molecular weight excluding hydrogens is 368 g/mol. The van der Waals surface area contributed by atoms with E-state index in [1.54, 1.807) is 18.2 Å². The van der Waals surface area contributed by atoms with Crippen LogP contribution in [-0.4, -0.2) is 22.2 Å². The summed E-state index contributed by atoms with van der Waals surface area (Å²) in [5.74, 6) is 1.28. The van der Waals surface area contributed by atoms with E-state index in [0.29, 0.717) is 22.9 Å².